The van der Waals surface area contributed by atoms with Gasteiger partial charge in [-0.3, -0.25) is 0 Å². The summed E-state index contributed by atoms with van der Waals surface area (Å²) in [6.07, 6.45) is 1.79. The van der Waals surface area contributed by atoms with Crippen LogP contribution in [0.4, 0.5) is 16.3 Å². The Morgan fingerprint density at radius 2 is 1.89 bits per heavy atom. The van der Waals surface area contributed by atoms with Crippen LogP contribution in [0.3, 0.4) is 0 Å². The second kappa shape index (κ2) is 8.28. The number of fused-ring (bicyclic) bond motifs is 1. The molecular formula is C19H24FN7O. The predicted octanol–water partition coefficient (Wildman–Crippen LogP) is 4.41. The van der Waals surface area contributed by atoms with Gasteiger partial charge in [0.1, 0.15) is 5.82 Å². The van der Waals surface area contributed by atoms with Crippen LogP contribution >= 0.6 is 0 Å². The molecule has 3 aromatic rings. The molecule has 148 valence electrons. The normalized spacial score (nSPS) is 11.9. The Morgan fingerprint density at radius 3 is 2.57 bits per heavy atom. The van der Waals surface area contributed by atoms with Crippen molar-refractivity contribution < 1.29 is 9.13 Å². The third kappa shape index (κ3) is 4.24. The Balaban J connectivity index is 1.86. The topological polar surface area (TPSA) is 91.7 Å². The summed E-state index contributed by atoms with van der Waals surface area (Å²) in [7, 11) is 1.50. The van der Waals surface area contributed by atoms with E-state index >= 15 is 0 Å². The molecule has 0 bridgehead atoms. The van der Waals surface area contributed by atoms with Crippen molar-refractivity contribution in [3.05, 3.63) is 35.8 Å². The zero-order valence-electron chi connectivity index (χ0n) is 16.6. The summed E-state index contributed by atoms with van der Waals surface area (Å²) < 4.78 is 18.7. The van der Waals surface area contributed by atoms with Crippen LogP contribution in [0.1, 0.15) is 33.3 Å². The first-order valence-corrected chi connectivity index (χ1v) is 9.10. The SMILES string of the molecule is COc1nc(N=NCc2c[nH]c3ccc(F)cc23)nc(N(C(C)C)C(C)C)n1. The molecule has 0 aliphatic rings. The molecule has 1 aromatic carbocycles. The fraction of sp³-hybridized carbons (Fsp3) is 0.421. The molecule has 0 saturated carbocycles. The highest BCUT2D eigenvalue weighted by molar-refractivity contribution is 5.83. The smallest absolute Gasteiger partial charge is 0.322 e. The lowest BCUT2D eigenvalue weighted by molar-refractivity contribution is 0.377. The van der Waals surface area contributed by atoms with E-state index in [-0.39, 0.29) is 36.4 Å². The first-order chi connectivity index (χ1) is 13.4. The number of H-pyrrole nitrogens is 1. The zero-order valence-corrected chi connectivity index (χ0v) is 16.6. The van der Waals surface area contributed by atoms with Crippen molar-refractivity contribution in [3.8, 4) is 6.01 Å². The maximum Gasteiger partial charge on any atom is 0.322 e. The third-order valence-corrected chi connectivity index (χ3v) is 4.25. The summed E-state index contributed by atoms with van der Waals surface area (Å²) >= 11 is 0. The molecule has 0 aliphatic heterocycles. The average molecular weight is 385 g/mol. The molecule has 1 N–H and O–H groups in total. The van der Waals surface area contributed by atoms with E-state index in [4.69, 9.17) is 4.74 Å². The average Bonchev–Trinajstić information content (AvgIpc) is 3.03. The molecule has 0 aliphatic carbocycles. The van der Waals surface area contributed by atoms with E-state index in [1.165, 1.54) is 19.2 Å². The molecular weight excluding hydrogens is 361 g/mol. The lowest BCUT2D eigenvalue weighted by Gasteiger charge is -2.30. The van der Waals surface area contributed by atoms with Crippen molar-refractivity contribution in [2.45, 2.75) is 46.3 Å². The monoisotopic (exact) mass is 385 g/mol. The summed E-state index contributed by atoms with van der Waals surface area (Å²) in [5.41, 5.74) is 1.69. The van der Waals surface area contributed by atoms with Crippen LogP contribution in [0.25, 0.3) is 10.9 Å². The number of hydrogen-bond donors (Lipinski definition) is 1. The largest absolute Gasteiger partial charge is 0.467 e. The second-order valence-electron chi connectivity index (χ2n) is 6.92. The Bertz CT molecular complexity index is 976. The first kappa shape index (κ1) is 19.7. The van der Waals surface area contributed by atoms with Crippen LogP contribution in [0.15, 0.2) is 34.6 Å². The summed E-state index contributed by atoms with van der Waals surface area (Å²) in [5, 5.41) is 9.09. The van der Waals surface area contributed by atoms with E-state index in [2.05, 4.69) is 57.9 Å². The highest BCUT2D eigenvalue weighted by Gasteiger charge is 2.19. The van der Waals surface area contributed by atoms with Gasteiger partial charge in [-0.2, -0.15) is 20.1 Å². The van der Waals surface area contributed by atoms with Gasteiger partial charge in [0.25, 0.3) is 5.95 Å². The van der Waals surface area contributed by atoms with Crippen LogP contribution in [0.5, 0.6) is 6.01 Å². The van der Waals surface area contributed by atoms with Gasteiger partial charge >= 0.3 is 6.01 Å². The number of nitrogens with one attached hydrogen (secondary N) is 1. The Kier molecular flexibility index (Phi) is 5.81. The number of azo groups is 1. The number of hydrogen-bond acceptors (Lipinski definition) is 7. The number of aromatic amines is 1. The molecule has 0 spiro atoms. The van der Waals surface area contributed by atoms with Crippen molar-refractivity contribution >= 4 is 22.8 Å². The van der Waals surface area contributed by atoms with Gasteiger partial charge in [0.05, 0.1) is 13.7 Å². The predicted molar refractivity (Wildman–Crippen MR) is 106 cm³/mol. The summed E-state index contributed by atoms with van der Waals surface area (Å²) in [6.45, 7) is 8.52. The first-order valence-electron chi connectivity index (χ1n) is 9.10. The number of rotatable bonds is 7. The number of aromatic nitrogens is 4. The highest BCUT2D eigenvalue weighted by atomic mass is 19.1. The molecule has 0 radical (unpaired) electrons. The molecule has 2 aromatic heterocycles. The van der Waals surface area contributed by atoms with Crippen molar-refractivity contribution in [1.82, 2.24) is 19.9 Å². The standard InChI is InChI=1S/C19H24FN7O/c1-11(2)27(12(3)4)18-23-17(24-19(25-18)28-5)26-22-10-13-9-21-16-7-6-14(20)8-15(13)16/h6-9,11-12,21H,10H2,1-5H3. The Labute approximate surface area is 162 Å². The van der Waals surface area contributed by atoms with Gasteiger partial charge in [-0.25, -0.2) is 4.39 Å². The van der Waals surface area contributed by atoms with Gasteiger partial charge in [-0.15, -0.1) is 5.11 Å². The van der Waals surface area contributed by atoms with Crippen molar-refractivity contribution in [3.63, 3.8) is 0 Å². The van der Waals surface area contributed by atoms with Gasteiger partial charge in [0.15, 0.2) is 0 Å². The van der Waals surface area contributed by atoms with Gasteiger partial charge in [0.2, 0.25) is 5.95 Å². The van der Waals surface area contributed by atoms with E-state index in [1.807, 2.05) is 4.90 Å². The van der Waals surface area contributed by atoms with Gasteiger partial charge in [-0.1, -0.05) is 0 Å². The molecule has 0 fully saturated rings. The number of methoxy groups -OCH3 is 1. The van der Waals surface area contributed by atoms with E-state index in [0.29, 0.717) is 5.95 Å². The van der Waals surface area contributed by atoms with Crippen molar-refractivity contribution in [1.29, 1.82) is 0 Å². The fourth-order valence-corrected chi connectivity index (χ4v) is 3.10. The maximum atomic E-state index is 13.5. The highest BCUT2D eigenvalue weighted by Crippen LogP contribution is 2.23. The molecule has 0 amide bonds. The number of halogens is 1. The van der Waals surface area contributed by atoms with E-state index in [0.717, 1.165) is 16.5 Å². The molecule has 0 saturated heterocycles. The number of benzene rings is 1. The maximum absolute atomic E-state index is 13.5. The van der Waals surface area contributed by atoms with Gasteiger partial charge < -0.3 is 14.6 Å². The van der Waals surface area contributed by atoms with E-state index in [1.54, 1.807) is 12.3 Å². The second-order valence-corrected chi connectivity index (χ2v) is 6.92. The van der Waals surface area contributed by atoms with Gasteiger partial charge in [-0.05, 0) is 45.9 Å². The molecule has 28 heavy (non-hydrogen) atoms. The van der Waals surface area contributed by atoms with E-state index < -0.39 is 0 Å². The molecule has 0 unspecified atom stereocenters. The zero-order chi connectivity index (χ0) is 20.3. The van der Waals surface area contributed by atoms with Crippen LogP contribution < -0.4 is 9.64 Å². The summed E-state index contributed by atoms with van der Waals surface area (Å²) in [6, 6.07) is 5.15. The molecule has 0 atom stereocenters. The number of anilines is 1. The lowest BCUT2D eigenvalue weighted by atomic mass is 10.2. The number of nitrogens with zero attached hydrogens (tertiary/aromatic N) is 6. The molecule has 9 heteroatoms. The minimum absolute atomic E-state index is 0.166. The van der Waals surface area contributed by atoms with Crippen LogP contribution in [-0.2, 0) is 6.54 Å². The fourth-order valence-electron chi connectivity index (χ4n) is 3.10. The molecule has 2 heterocycles. The van der Waals surface area contributed by atoms with Crippen LogP contribution in [-0.4, -0.2) is 39.1 Å². The van der Waals surface area contributed by atoms with E-state index in [9.17, 15) is 4.39 Å². The van der Waals surface area contributed by atoms with Crippen LogP contribution in [0, 0.1) is 5.82 Å². The minimum atomic E-state index is -0.292. The number of ether oxygens (including phenoxy) is 1. The lowest BCUT2D eigenvalue weighted by Crippen LogP contribution is -2.38. The Morgan fingerprint density at radius 1 is 1.14 bits per heavy atom. The molecule has 3 rings (SSSR count). The quantitative estimate of drug-likeness (QED) is 0.608. The van der Waals surface area contributed by atoms with Gasteiger partial charge in [0, 0.05) is 34.7 Å². The summed E-state index contributed by atoms with van der Waals surface area (Å²) in [4.78, 5) is 18.0. The Hall–Kier alpha value is -3.10. The summed E-state index contributed by atoms with van der Waals surface area (Å²) in [5.74, 6) is 0.360. The minimum Gasteiger partial charge on any atom is -0.467 e. The van der Waals surface area contributed by atoms with Crippen molar-refractivity contribution in [2.24, 2.45) is 10.2 Å². The third-order valence-electron chi connectivity index (χ3n) is 4.25. The van der Waals surface area contributed by atoms with Crippen LogP contribution in [0.2, 0.25) is 0 Å². The molecule has 8 nitrogen and oxygen atoms in total. The van der Waals surface area contributed by atoms with Crippen molar-refractivity contribution in [2.75, 3.05) is 12.0 Å².